The maximum atomic E-state index is 12.0. The summed E-state index contributed by atoms with van der Waals surface area (Å²) < 4.78 is 1.78. The van der Waals surface area contributed by atoms with Crippen molar-refractivity contribution in [2.45, 2.75) is 46.6 Å². The Morgan fingerprint density at radius 1 is 1.28 bits per heavy atom. The topological polar surface area (TPSA) is 75.9 Å². The highest BCUT2D eigenvalue weighted by Gasteiger charge is 2.25. The molecule has 2 rings (SSSR count). The summed E-state index contributed by atoms with van der Waals surface area (Å²) in [7, 11) is 3.44. The van der Waals surface area contributed by atoms with E-state index in [-0.39, 0.29) is 28.8 Å². The zero-order valence-corrected chi connectivity index (χ0v) is 16.5. The summed E-state index contributed by atoms with van der Waals surface area (Å²) in [5.74, 6) is 0.466. The van der Waals surface area contributed by atoms with Crippen LogP contribution < -0.4 is 10.2 Å². The van der Waals surface area contributed by atoms with Crippen LogP contribution in [0.4, 0.5) is 5.82 Å². The van der Waals surface area contributed by atoms with E-state index in [0.717, 1.165) is 11.4 Å². The molecule has 0 atom stereocenters. The minimum atomic E-state index is -0.382. The van der Waals surface area contributed by atoms with Crippen LogP contribution in [0.15, 0.2) is 6.07 Å². The van der Waals surface area contributed by atoms with E-state index in [9.17, 15) is 4.79 Å². The van der Waals surface area contributed by atoms with Gasteiger partial charge in [-0.2, -0.15) is 5.10 Å². The normalized spacial score (nSPS) is 11.3. The first-order valence-electron chi connectivity index (χ1n) is 8.26. The molecular weight excluding hydrogens is 340 g/mol. The van der Waals surface area contributed by atoms with Crippen LogP contribution in [0.3, 0.4) is 0 Å². The fraction of sp³-hybridized carbons (Fsp3) is 0.529. The van der Waals surface area contributed by atoms with Crippen molar-refractivity contribution in [3.05, 3.63) is 28.4 Å². The molecule has 7 nitrogen and oxygen atoms in total. The van der Waals surface area contributed by atoms with Crippen molar-refractivity contribution in [2.75, 3.05) is 19.0 Å². The molecule has 0 aliphatic rings. The third-order valence-electron chi connectivity index (χ3n) is 4.02. The molecule has 1 N–H and O–H groups in total. The number of carbonyl (C=O) groups excluding carboxylic acids is 1. The molecule has 0 radical (unpaired) electrons. The van der Waals surface area contributed by atoms with Crippen LogP contribution in [0.5, 0.6) is 0 Å². The Bertz CT molecular complexity index is 784. The number of carbonyl (C=O) groups is 1. The molecule has 0 saturated heterocycles. The van der Waals surface area contributed by atoms with Crippen LogP contribution >= 0.6 is 11.6 Å². The first kappa shape index (κ1) is 19.2. The summed E-state index contributed by atoms with van der Waals surface area (Å²) >= 11 is 6.49. The van der Waals surface area contributed by atoms with E-state index in [1.807, 2.05) is 38.8 Å². The lowest BCUT2D eigenvalue weighted by molar-refractivity contribution is 0.0953. The Hall–Kier alpha value is -2.15. The Morgan fingerprint density at radius 2 is 1.92 bits per heavy atom. The number of nitrogens with zero attached hydrogens (tertiary/aromatic N) is 5. The van der Waals surface area contributed by atoms with Gasteiger partial charge in [-0.25, -0.2) is 14.6 Å². The highest BCUT2D eigenvalue weighted by Crippen LogP contribution is 2.32. The predicted molar refractivity (Wildman–Crippen MR) is 99.9 cm³/mol. The van der Waals surface area contributed by atoms with Crippen LogP contribution in [-0.4, -0.2) is 45.8 Å². The van der Waals surface area contributed by atoms with E-state index in [1.165, 1.54) is 7.05 Å². The monoisotopic (exact) mass is 364 g/mol. The second kappa shape index (κ2) is 7.39. The van der Waals surface area contributed by atoms with Crippen molar-refractivity contribution >= 4 is 23.3 Å². The average molecular weight is 365 g/mol. The molecule has 0 aromatic carbocycles. The van der Waals surface area contributed by atoms with Gasteiger partial charge in [-0.1, -0.05) is 25.4 Å². The number of hydrogen-bond acceptors (Lipinski definition) is 5. The summed E-state index contributed by atoms with van der Waals surface area (Å²) in [5.41, 5.74) is 2.48. The molecule has 2 aromatic heterocycles. The van der Waals surface area contributed by atoms with E-state index in [1.54, 1.807) is 4.68 Å². The van der Waals surface area contributed by atoms with E-state index in [4.69, 9.17) is 11.6 Å². The van der Waals surface area contributed by atoms with Gasteiger partial charge in [-0.15, -0.1) is 0 Å². The number of halogens is 1. The summed E-state index contributed by atoms with van der Waals surface area (Å²) in [6, 6.07) is 2.17. The molecule has 0 saturated carbocycles. The van der Waals surface area contributed by atoms with Gasteiger partial charge in [0.1, 0.15) is 5.69 Å². The van der Waals surface area contributed by atoms with E-state index < -0.39 is 0 Å². The fourth-order valence-electron chi connectivity index (χ4n) is 2.41. The van der Waals surface area contributed by atoms with Gasteiger partial charge in [-0.3, -0.25) is 4.79 Å². The van der Waals surface area contributed by atoms with Gasteiger partial charge in [0.15, 0.2) is 11.0 Å². The van der Waals surface area contributed by atoms with E-state index in [0.29, 0.717) is 11.5 Å². The first-order chi connectivity index (χ1) is 11.7. The van der Waals surface area contributed by atoms with Crippen LogP contribution in [-0.2, 0) is 0 Å². The Morgan fingerprint density at radius 3 is 2.44 bits per heavy atom. The van der Waals surface area contributed by atoms with Crippen molar-refractivity contribution < 1.29 is 4.79 Å². The van der Waals surface area contributed by atoms with Crippen LogP contribution in [0.1, 0.15) is 55.6 Å². The van der Waals surface area contributed by atoms with Crippen LogP contribution in [0, 0.1) is 6.92 Å². The van der Waals surface area contributed by atoms with E-state index in [2.05, 4.69) is 34.2 Å². The molecule has 0 bridgehead atoms. The highest BCUT2D eigenvalue weighted by molar-refractivity contribution is 6.31. The van der Waals surface area contributed by atoms with Gasteiger partial charge >= 0.3 is 0 Å². The number of hydrogen-bond donors (Lipinski definition) is 1. The Kier molecular flexibility index (Phi) is 5.67. The molecule has 0 spiro atoms. The quantitative estimate of drug-likeness (QED) is 0.825. The Labute approximate surface area is 153 Å². The van der Waals surface area contributed by atoms with Gasteiger partial charge in [0.25, 0.3) is 5.91 Å². The molecule has 0 aliphatic carbocycles. The number of aryl methyl sites for hydroxylation is 1. The van der Waals surface area contributed by atoms with Crippen molar-refractivity contribution in [3.63, 3.8) is 0 Å². The summed E-state index contributed by atoms with van der Waals surface area (Å²) in [6.07, 6.45) is 0. The van der Waals surface area contributed by atoms with E-state index >= 15 is 0 Å². The number of amides is 1. The molecule has 8 heteroatoms. The lowest BCUT2D eigenvalue weighted by atomic mass is 10.1. The molecule has 0 unspecified atom stereocenters. The first-order valence-corrected chi connectivity index (χ1v) is 8.64. The number of aromatic nitrogens is 4. The molecule has 136 valence electrons. The van der Waals surface area contributed by atoms with Crippen molar-refractivity contribution in [2.24, 2.45) is 0 Å². The lowest BCUT2D eigenvalue weighted by Gasteiger charge is -2.26. The largest absolute Gasteiger partial charge is 0.355 e. The standard InChI is InChI=1S/C17H25ClN6O/c1-9(2)12-8-11(5)22-24(12)13-14(18)20-15(17(25)19-6)21-16(13)23(7)10(3)4/h8-10H,1-7H3,(H,19,25). The van der Waals surface area contributed by atoms with Gasteiger partial charge in [0.05, 0.1) is 5.69 Å². The zero-order chi connectivity index (χ0) is 18.9. The smallest absolute Gasteiger partial charge is 0.288 e. The van der Waals surface area contributed by atoms with Crippen molar-refractivity contribution in [1.29, 1.82) is 0 Å². The third-order valence-corrected chi connectivity index (χ3v) is 4.29. The summed E-state index contributed by atoms with van der Waals surface area (Å²) in [6.45, 7) is 10.2. The average Bonchev–Trinajstić information content (AvgIpc) is 2.94. The molecule has 1 amide bonds. The number of nitrogens with one attached hydrogen (secondary N) is 1. The van der Waals surface area contributed by atoms with Gasteiger partial charge in [0, 0.05) is 25.8 Å². The molecule has 25 heavy (non-hydrogen) atoms. The maximum Gasteiger partial charge on any atom is 0.288 e. The highest BCUT2D eigenvalue weighted by atomic mass is 35.5. The number of anilines is 1. The molecule has 2 aromatic rings. The SMILES string of the molecule is CNC(=O)c1nc(Cl)c(-n2nc(C)cc2C(C)C)c(N(C)C(C)C)n1. The van der Waals surface area contributed by atoms with Gasteiger partial charge in [0.2, 0.25) is 5.82 Å². The lowest BCUT2D eigenvalue weighted by Crippen LogP contribution is -2.30. The zero-order valence-electron chi connectivity index (χ0n) is 15.8. The second-order valence-electron chi connectivity index (χ2n) is 6.57. The molecular formula is C17H25ClN6O. The molecule has 2 heterocycles. The van der Waals surface area contributed by atoms with Crippen molar-refractivity contribution in [1.82, 2.24) is 25.1 Å². The Balaban J connectivity index is 2.79. The number of rotatable bonds is 5. The molecule has 0 aliphatic heterocycles. The maximum absolute atomic E-state index is 12.0. The summed E-state index contributed by atoms with van der Waals surface area (Å²) in [5, 5.41) is 7.31. The third kappa shape index (κ3) is 3.76. The van der Waals surface area contributed by atoms with Crippen LogP contribution in [0.2, 0.25) is 5.15 Å². The van der Waals surface area contributed by atoms with Crippen molar-refractivity contribution in [3.8, 4) is 5.69 Å². The predicted octanol–water partition coefficient (Wildman–Crippen LogP) is 2.95. The molecule has 0 fully saturated rings. The minimum absolute atomic E-state index is 0.0359. The second-order valence-corrected chi connectivity index (χ2v) is 6.93. The van der Waals surface area contributed by atoms with Crippen LogP contribution in [0.25, 0.3) is 5.69 Å². The minimum Gasteiger partial charge on any atom is -0.355 e. The fourth-order valence-corrected chi connectivity index (χ4v) is 2.66. The van der Waals surface area contributed by atoms with Gasteiger partial charge in [-0.05, 0) is 32.8 Å². The van der Waals surface area contributed by atoms with Gasteiger partial charge < -0.3 is 10.2 Å². The summed E-state index contributed by atoms with van der Waals surface area (Å²) in [4.78, 5) is 22.6.